The van der Waals surface area contributed by atoms with Crippen molar-refractivity contribution < 1.29 is 23.1 Å². The molecule has 3 aromatic rings. The first-order chi connectivity index (χ1) is 13.4. The van der Waals surface area contributed by atoms with E-state index in [1.54, 1.807) is 24.3 Å². The highest BCUT2D eigenvalue weighted by molar-refractivity contribution is 5.96. The van der Waals surface area contributed by atoms with E-state index in [0.29, 0.717) is 22.3 Å². The molecule has 3 nitrogen and oxygen atoms in total. The summed E-state index contributed by atoms with van der Waals surface area (Å²) in [5, 5.41) is 0. The molecule has 0 heterocycles. The number of rotatable bonds is 5. The van der Waals surface area contributed by atoms with Crippen molar-refractivity contribution in [3.8, 4) is 0 Å². The fourth-order valence-corrected chi connectivity index (χ4v) is 3.48. The molecule has 0 amide bonds. The number of carbonyl (C=O) groups excluding carboxylic acids is 2. The first-order valence-corrected chi connectivity index (χ1v) is 8.61. The number of hydrogen-bond donors (Lipinski definition) is 0. The molecule has 3 rings (SSSR count). The third kappa shape index (κ3) is 5.47. The summed E-state index contributed by atoms with van der Waals surface area (Å²) in [5.74, 6) is -1.58. The summed E-state index contributed by atoms with van der Waals surface area (Å²) >= 11 is 0. The maximum atomic E-state index is 13.5. The van der Waals surface area contributed by atoms with Gasteiger partial charge in [-0.05, 0) is 60.0 Å². The van der Waals surface area contributed by atoms with Gasteiger partial charge < -0.3 is 4.74 Å². The van der Waals surface area contributed by atoms with E-state index in [2.05, 4.69) is 0 Å². The van der Waals surface area contributed by atoms with Crippen molar-refractivity contribution in [2.75, 3.05) is 7.11 Å². The number of ketones is 1. The number of benzene rings is 3. The van der Waals surface area contributed by atoms with Gasteiger partial charge in [-0.25, -0.2) is 13.6 Å². The van der Waals surface area contributed by atoms with Crippen LogP contribution in [0.4, 0.5) is 8.78 Å². The molecule has 0 atom stereocenters. The van der Waals surface area contributed by atoms with Crippen LogP contribution < -0.4 is 0 Å². The van der Waals surface area contributed by atoms with E-state index < -0.39 is 23.0 Å². The van der Waals surface area contributed by atoms with Crippen LogP contribution in [-0.4, -0.2) is 18.9 Å². The SMILES string of the molecule is C.C.C.C.COC(=O)c1ccc(C(C(C)=O)(c2ccc(F)cc2)c2ccc(F)cc2)cc1. The van der Waals surface area contributed by atoms with E-state index >= 15 is 0 Å². The van der Waals surface area contributed by atoms with Crippen molar-refractivity contribution in [3.63, 3.8) is 0 Å². The standard InChI is InChI=1S/C23H18F2O3.4CH4/c1-15(26)23(18-7-11-20(24)12-8-18,19-9-13-21(25)14-10-19)17-5-3-16(4-6-17)22(27)28-2;;;;/h3-14H,1-2H3;4*1H4. The number of hydrogen-bond acceptors (Lipinski definition) is 3. The molecule has 0 aromatic heterocycles. The maximum absolute atomic E-state index is 13.5. The smallest absolute Gasteiger partial charge is 0.337 e. The molecule has 5 heteroatoms. The third-order valence-corrected chi connectivity index (χ3v) is 4.82. The largest absolute Gasteiger partial charge is 0.465 e. The van der Waals surface area contributed by atoms with E-state index in [1.807, 2.05) is 0 Å². The third-order valence-electron chi connectivity index (χ3n) is 4.82. The Hall–Kier alpha value is -3.34. The fourth-order valence-electron chi connectivity index (χ4n) is 3.48. The lowest BCUT2D eigenvalue weighted by Gasteiger charge is -2.33. The fraction of sp³-hybridized carbons (Fsp3) is 0.259. The van der Waals surface area contributed by atoms with Crippen LogP contribution in [0.25, 0.3) is 0 Å². The molecule has 0 aliphatic rings. The summed E-state index contributed by atoms with van der Waals surface area (Å²) in [6.45, 7) is 1.43. The minimum absolute atomic E-state index is 0. The summed E-state index contributed by atoms with van der Waals surface area (Å²) in [6, 6.07) is 17.7. The Labute approximate surface area is 191 Å². The molecule has 0 saturated heterocycles. The molecular weight excluding hydrogens is 410 g/mol. The predicted molar refractivity (Wildman–Crippen MR) is 128 cm³/mol. The average Bonchev–Trinajstić information content (AvgIpc) is 2.71. The predicted octanol–water partition coefficient (Wildman–Crippen LogP) is 7.22. The van der Waals surface area contributed by atoms with Gasteiger partial charge >= 0.3 is 5.97 Å². The Kier molecular flexibility index (Phi) is 12.0. The molecule has 0 spiro atoms. The van der Waals surface area contributed by atoms with Crippen molar-refractivity contribution in [2.24, 2.45) is 0 Å². The van der Waals surface area contributed by atoms with Gasteiger partial charge in [0.15, 0.2) is 0 Å². The second-order valence-electron chi connectivity index (χ2n) is 6.39. The van der Waals surface area contributed by atoms with E-state index in [1.165, 1.54) is 62.6 Å². The van der Waals surface area contributed by atoms with Crippen molar-refractivity contribution in [1.82, 2.24) is 0 Å². The zero-order valence-corrected chi connectivity index (χ0v) is 15.4. The molecule has 32 heavy (non-hydrogen) atoms. The summed E-state index contributed by atoms with van der Waals surface area (Å²) in [4.78, 5) is 24.8. The Morgan fingerprint density at radius 3 is 1.25 bits per heavy atom. The van der Waals surface area contributed by atoms with Crippen LogP contribution in [0.3, 0.4) is 0 Å². The molecule has 0 bridgehead atoms. The van der Waals surface area contributed by atoms with Gasteiger partial charge in [-0.2, -0.15) is 0 Å². The molecule has 0 N–H and O–H groups in total. The van der Waals surface area contributed by atoms with Gasteiger partial charge in [0.05, 0.1) is 12.7 Å². The molecule has 0 aliphatic carbocycles. The van der Waals surface area contributed by atoms with E-state index in [9.17, 15) is 18.4 Å². The number of methoxy groups -OCH3 is 1. The van der Waals surface area contributed by atoms with Crippen LogP contribution in [-0.2, 0) is 14.9 Å². The zero-order valence-electron chi connectivity index (χ0n) is 15.4. The minimum Gasteiger partial charge on any atom is -0.465 e. The lowest BCUT2D eigenvalue weighted by atomic mass is 9.67. The number of esters is 1. The molecule has 0 saturated carbocycles. The first-order valence-electron chi connectivity index (χ1n) is 8.61. The summed E-state index contributed by atoms with van der Waals surface area (Å²) in [5.41, 5.74) is 0.709. The van der Waals surface area contributed by atoms with Gasteiger partial charge in [-0.3, -0.25) is 4.79 Å². The van der Waals surface area contributed by atoms with Gasteiger partial charge in [-0.1, -0.05) is 66.1 Å². The van der Waals surface area contributed by atoms with Gasteiger partial charge in [0, 0.05) is 0 Å². The van der Waals surface area contributed by atoms with Crippen LogP contribution in [0.1, 0.15) is 63.7 Å². The zero-order chi connectivity index (χ0) is 20.3. The normalized spacial score (nSPS) is 9.75. The van der Waals surface area contributed by atoms with Crippen molar-refractivity contribution in [2.45, 2.75) is 42.0 Å². The highest BCUT2D eigenvalue weighted by Gasteiger charge is 2.41. The second-order valence-corrected chi connectivity index (χ2v) is 6.39. The number of carbonyl (C=O) groups is 2. The Balaban J connectivity index is 0. The minimum atomic E-state index is -1.28. The lowest BCUT2D eigenvalue weighted by Crippen LogP contribution is -2.37. The van der Waals surface area contributed by atoms with Crippen molar-refractivity contribution >= 4 is 11.8 Å². The topological polar surface area (TPSA) is 43.4 Å². The van der Waals surface area contributed by atoms with Crippen LogP contribution in [0.5, 0.6) is 0 Å². The van der Waals surface area contributed by atoms with Crippen LogP contribution in [0.2, 0.25) is 0 Å². The molecule has 0 radical (unpaired) electrons. The molecule has 174 valence electrons. The van der Waals surface area contributed by atoms with Gasteiger partial charge in [0.25, 0.3) is 0 Å². The number of ether oxygens (including phenoxy) is 1. The highest BCUT2D eigenvalue weighted by atomic mass is 19.1. The molecule has 3 aromatic carbocycles. The maximum Gasteiger partial charge on any atom is 0.337 e. The number of Topliss-reactive ketones (excluding diaryl/α,β-unsaturated/α-hetero) is 1. The second kappa shape index (κ2) is 12.5. The summed E-state index contributed by atoms with van der Waals surface area (Å²) < 4.78 is 31.8. The molecular formula is C27H34F2O3. The van der Waals surface area contributed by atoms with Gasteiger partial charge in [-0.15, -0.1) is 0 Å². The molecule has 0 unspecified atom stereocenters. The Morgan fingerprint density at radius 1 is 0.656 bits per heavy atom. The van der Waals surface area contributed by atoms with E-state index in [4.69, 9.17) is 4.74 Å². The van der Waals surface area contributed by atoms with Crippen LogP contribution in [0, 0.1) is 11.6 Å². The first kappa shape index (κ1) is 30.9. The summed E-state index contributed by atoms with van der Waals surface area (Å²) in [6.07, 6.45) is 0. The average molecular weight is 445 g/mol. The van der Waals surface area contributed by atoms with Gasteiger partial charge in [0.2, 0.25) is 0 Å². The van der Waals surface area contributed by atoms with Crippen molar-refractivity contribution in [1.29, 1.82) is 0 Å². The van der Waals surface area contributed by atoms with Crippen molar-refractivity contribution in [3.05, 3.63) is 107 Å². The Bertz CT molecular complexity index is 947. The quantitative estimate of drug-likeness (QED) is 0.308. The van der Waals surface area contributed by atoms with Crippen LogP contribution in [0.15, 0.2) is 72.8 Å². The lowest BCUT2D eigenvalue weighted by molar-refractivity contribution is -0.119. The van der Waals surface area contributed by atoms with Crippen LogP contribution >= 0.6 is 0 Å². The summed E-state index contributed by atoms with van der Waals surface area (Å²) in [7, 11) is 1.28. The highest BCUT2D eigenvalue weighted by Crippen LogP contribution is 2.40. The van der Waals surface area contributed by atoms with E-state index in [0.717, 1.165) is 0 Å². The van der Waals surface area contributed by atoms with E-state index in [-0.39, 0.29) is 35.5 Å². The Morgan fingerprint density at radius 2 is 0.969 bits per heavy atom. The monoisotopic (exact) mass is 444 g/mol. The molecule has 0 aliphatic heterocycles. The molecule has 0 fully saturated rings. The number of halogens is 2. The van der Waals surface area contributed by atoms with Gasteiger partial charge in [0.1, 0.15) is 22.8 Å².